The topological polar surface area (TPSA) is 121 Å². The van der Waals surface area contributed by atoms with Gasteiger partial charge in [-0.1, -0.05) is 107 Å². The lowest BCUT2D eigenvalue weighted by Gasteiger charge is -2.35. The Labute approximate surface area is 316 Å². The third-order valence-electron chi connectivity index (χ3n) is 9.91. The van der Waals surface area contributed by atoms with Crippen molar-refractivity contribution in [1.29, 1.82) is 0 Å². The number of likely N-dealkylation sites (tertiary alicyclic amines) is 1. The number of hydrogen-bond donors (Lipinski definition) is 3. The smallest absolute Gasteiger partial charge is 0.258 e. The Hall–Kier alpha value is -2.57. The van der Waals surface area contributed by atoms with Crippen LogP contribution in [-0.2, 0) is 20.9 Å². The molecule has 2 unspecified atom stereocenters. The van der Waals surface area contributed by atoms with E-state index in [0.717, 1.165) is 39.9 Å². The number of carbonyl (C=O) groups is 3. The van der Waals surface area contributed by atoms with Gasteiger partial charge < -0.3 is 25.4 Å². The molecule has 2 heterocycles. The summed E-state index contributed by atoms with van der Waals surface area (Å²) in [6.07, 6.45) is 13.1. The van der Waals surface area contributed by atoms with Crippen LogP contribution in [0.15, 0.2) is 23.7 Å². The number of alkyl halides is 2. The first-order chi connectivity index (χ1) is 24.3. The van der Waals surface area contributed by atoms with E-state index in [1.54, 1.807) is 32.1 Å². The van der Waals surface area contributed by atoms with Crippen molar-refractivity contribution in [3.05, 3.63) is 35.0 Å². The van der Waals surface area contributed by atoms with E-state index in [2.05, 4.69) is 31.5 Å². The summed E-state index contributed by atoms with van der Waals surface area (Å²) in [5.74, 6) is -1.03. The number of aliphatic hydroxyl groups is 1. The number of β-amino-alcohol motifs (C(OH)–C–C–N with tert-alkyl or cyclic N) is 1. The van der Waals surface area contributed by atoms with E-state index in [1.165, 1.54) is 62.7 Å². The number of nitrogens with zero attached hydrogens (tertiary/aromatic N) is 2. The highest BCUT2D eigenvalue weighted by Crippen LogP contribution is 2.40. The van der Waals surface area contributed by atoms with Crippen molar-refractivity contribution in [2.75, 3.05) is 18.5 Å². The number of rotatable bonds is 21. The number of halogens is 2. The third kappa shape index (κ3) is 12.2. The van der Waals surface area contributed by atoms with E-state index >= 15 is 0 Å². The molecule has 0 spiro atoms. The molecule has 2 fully saturated rings. The Morgan fingerprint density at radius 1 is 1.06 bits per heavy atom. The second kappa shape index (κ2) is 19.5. The molecule has 3 amide bonds. The number of nitrogens with one attached hydrogen (secondary N) is 2. The summed E-state index contributed by atoms with van der Waals surface area (Å²) >= 11 is 5.07. The predicted octanol–water partition coefficient (Wildman–Crippen LogP) is 7.79. The highest BCUT2D eigenvalue weighted by Gasteiger charge is 2.53. The molecular weight excluding hydrogens is 735 g/mol. The van der Waals surface area contributed by atoms with Crippen LogP contribution in [0.1, 0.15) is 122 Å². The summed E-state index contributed by atoms with van der Waals surface area (Å²) in [6.45, 7) is 8.01. The number of hydrogen-bond acceptors (Lipinski definition) is 7. The summed E-state index contributed by atoms with van der Waals surface area (Å²) in [7, 11) is 0. The lowest BCUT2D eigenvalue weighted by Crippen LogP contribution is -2.59. The molecule has 3 N–H and O–H groups in total. The van der Waals surface area contributed by atoms with Crippen molar-refractivity contribution < 1.29 is 28.6 Å². The first kappa shape index (κ1) is 41.2. The molecule has 3 atom stereocenters. The highest BCUT2D eigenvalue weighted by atomic mass is 79.9. The molecule has 1 saturated heterocycles. The summed E-state index contributed by atoms with van der Waals surface area (Å²) in [6, 6.07) is 3.97. The number of aryl methyl sites for hydroxylation is 1. The van der Waals surface area contributed by atoms with Gasteiger partial charge in [0.2, 0.25) is 11.8 Å². The summed E-state index contributed by atoms with van der Waals surface area (Å²) in [5, 5.41) is 17.2. The minimum atomic E-state index is -1.94. The molecule has 284 valence electrons. The van der Waals surface area contributed by atoms with Gasteiger partial charge in [0, 0.05) is 30.4 Å². The fourth-order valence-electron chi connectivity index (χ4n) is 6.54. The number of thiazole rings is 1. The van der Waals surface area contributed by atoms with Gasteiger partial charge in [0.25, 0.3) is 5.91 Å². The Bertz CT molecular complexity index is 1440. The number of aliphatic hydroxyl groups excluding tert-OH is 1. The number of aromatic nitrogens is 1. The van der Waals surface area contributed by atoms with Crippen molar-refractivity contribution in [3.63, 3.8) is 0 Å². The van der Waals surface area contributed by atoms with E-state index in [-0.39, 0.29) is 32.4 Å². The van der Waals surface area contributed by atoms with Gasteiger partial charge in [-0.05, 0) is 49.7 Å². The van der Waals surface area contributed by atoms with Gasteiger partial charge in [-0.25, -0.2) is 9.37 Å². The first-order valence-electron chi connectivity index (χ1n) is 18.8. The molecule has 4 rings (SSSR count). The maximum atomic E-state index is 14.5. The molecule has 1 aromatic heterocycles. The molecule has 1 aliphatic carbocycles. The number of ether oxygens (including phenoxy) is 1. The number of benzene rings is 1. The number of carbonyl (C=O) groups excluding carboxylic acids is 3. The zero-order chi connectivity index (χ0) is 37.0. The minimum Gasteiger partial charge on any atom is -0.493 e. The molecule has 0 bridgehead atoms. The Kier molecular flexibility index (Phi) is 15.7. The van der Waals surface area contributed by atoms with Gasteiger partial charge >= 0.3 is 0 Å². The largest absolute Gasteiger partial charge is 0.493 e. The van der Waals surface area contributed by atoms with E-state index in [4.69, 9.17) is 4.74 Å². The van der Waals surface area contributed by atoms with Crippen molar-refractivity contribution in [3.8, 4) is 16.2 Å². The van der Waals surface area contributed by atoms with E-state index in [1.807, 2.05) is 30.6 Å². The molecule has 2 aromatic rings. The van der Waals surface area contributed by atoms with Crippen molar-refractivity contribution >= 4 is 45.0 Å². The zero-order valence-corrected chi connectivity index (χ0v) is 33.3. The zero-order valence-electron chi connectivity index (χ0n) is 30.9. The van der Waals surface area contributed by atoms with Crippen LogP contribution >= 0.6 is 27.3 Å². The van der Waals surface area contributed by atoms with E-state index < -0.39 is 47.0 Å². The Morgan fingerprint density at radius 2 is 1.69 bits per heavy atom. The molecule has 1 saturated carbocycles. The molecule has 1 aromatic carbocycles. The second-order valence-corrected chi connectivity index (χ2v) is 17.0. The molecule has 51 heavy (non-hydrogen) atoms. The lowest BCUT2D eigenvalue weighted by atomic mass is 9.85. The SMILES string of the molecule is Cc1ncsc1-c1ccc(CNC(=O)C2CC(O)CN2C(=O)[C@@H](NC(=O)C2(F)CC2)C(C)(C)C)c(OCCCCCCCCCCCCCBr)c1. The normalized spacial score (nSPS) is 18.8. The van der Waals surface area contributed by atoms with Gasteiger partial charge in [-0.2, -0.15) is 0 Å². The maximum Gasteiger partial charge on any atom is 0.258 e. The van der Waals surface area contributed by atoms with Crippen LogP contribution < -0.4 is 15.4 Å². The molecule has 2 aliphatic rings. The van der Waals surface area contributed by atoms with Crippen LogP contribution in [0.3, 0.4) is 0 Å². The van der Waals surface area contributed by atoms with Gasteiger partial charge in [0.1, 0.15) is 17.8 Å². The predicted molar refractivity (Wildman–Crippen MR) is 205 cm³/mol. The minimum absolute atomic E-state index is 0.0466. The molecule has 9 nitrogen and oxygen atoms in total. The number of amides is 3. The Balaban J connectivity index is 1.33. The fraction of sp³-hybridized carbons (Fsp3) is 0.692. The van der Waals surface area contributed by atoms with Gasteiger partial charge in [0.05, 0.1) is 28.8 Å². The van der Waals surface area contributed by atoms with E-state index in [9.17, 15) is 23.9 Å². The van der Waals surface area contributed by atoms with Crippen LogP contribution in [0.25, 0.3) is 10.4 Å². The van der Waals surface area contributed by atoms with Crippen LogP contribution in [0.5, 0.6) is 5.75 Å². The highest BCUT2D eigenvalue weighted by molar-refractivity contribution is 9.09. The average Bonchev–Trinajstić information content (AvgIpc) is 3.50. The Morgan fingerprint density at radius 3 is 2.25 bits per heavy atom. The van der Waals surface area contributed by atoms with Gasteiger partial charge in [0.15, 0.2) is 5.67 Å². The molecule has 12 heteroatoms. The van der Waals surface area contributed by atoms with Crippen molar-refractivity contribution in [2.45, 2.75) is 148 Å². The van der Waals surface area contributed by atoms with Crippen LogP contribution in [-0.4, -0.2) is 75.1 Å². The average molecular weight is 794 g/mol. The summed E-state index contributed by atoms with van der Waals surface area (Å²) in [5.41, 5.74) is 1.89. The molecular formula is C39H58BrFN4O5S. The molecule has 0 radical (unpaired) electrons. The fourth-order valence-corrected chi connectivity index (χ4v) is 7.74. The van der Waals surface area contributed by atoms with E-state index in [0.29, 0.717) is 12.4 Å². The lowest BCUT2D eigenvalue weighted by molar-refractivity contribution is -0.145. The first-order valence-corrected chi connectivity index (χ1v) is 20.8. The second-order valence-electron chi connectivity index (χ2n) is 15.4. The third-order valence-corrected chi connectivity index (χ3v) is 11.5. The van der Waals surface area contributed by atoms with Gasteiger partial charge in [-0.15, -0.1) is 11.3 Å². The monoisotopic (exact) mass is 792 g/mol. The quantitative estimate of drug-likeness (QED) is 0.0877. The molecule has 1 aliphatic heterocycles. The number of unbranched alkanes of at least 4 members (excludes halogenated alkanes) is 10. The van der Waals surface area contributed by atoms with Crippen molar-refractivity contribution in [1.82, 2.24) is 20.5 Å². The maximum absolute atomic E-state index is 14.5. The van der Waals surface area contributed by atoms with Crippen LogP contribution in [0.4, 0.5) is 4.39 Å². The van der Waals surface area contributed by atoms with Crippen LogP contribution in [0.2, 0.25) is 0 Å². The summed E-state index contributed by atoms with van der Waals surface area (Å²) < 4.78 is 20.9. The standard InChI is InChI=1S/C39H58BrFN4O5S/c1-27-33(51-26-43-27)28-16-17-29(32(22-28)50-21-15-13-11-9-7-5-6-8-10-12-14-20-40)24-42-35(47)31-23-30(46)25-45(31)36(48)34(38(2,3)4)44-37(49)39(41)18-19-39/h16-17,22,26,30-31,34,46H,5-15,18-21,23-25H2,1-4H3,(H,42,47)(H,44,49)/t30?,31?,34-/m1/s1. The van der Waals surface area contributed by atoms with Crippen molar-refractivity contribution in [2.24, 2.45) is 5.41 Å². The summed E-state index contributed by atoms with van der Waals surface area (Å²) in [4.78, 5) is 46.8. The van der Waals surface area contributed by atoms with Gasteiger partial charge in [-0.3, -0.25) is 14.4 Å². The van der Waals surface area contributed by atoms with Crippen LogP contribution in [0, 0.1) is 12.3 Å².